The molecule has 4 N–H and O–H groups in total. The first-order valence-corrected chi connectivity index (χ1v) is 10.3. The van der Waals surface area contributed by atoms with Gasteiger partial charge in [-0.15, -0.1) is 0 Å². The summed E-state index contributed by atoms with van der Waals surface area (Å²) < 4.78 is 0. The Kier molecular flexibility index (Phi) is 5.25. The molecule has 28 heavy (non-hydrogen) atoms. The maximum absolute atomic E-state index is 6.21. The zero-order valence-electron chi connectivity index (χ0n) is 16.6. The average Bonchev–Trinajstić information content (AvgIpc) is 2.71. The Bertz CT molecular complexity index is 949. The quantitative estimate of drug-likeness (QED) is 0.412. The molecule has 3 aromatic carbocycles. The topological polar surface area (TPSA) is 55.3 Å². The van der Waals surface area contributed by atoms with Crippen molar-refractivity contribution in [1.82, 2.24) is 0 Å². The van der Waals surface area contributed by atoms with Crippen molar-refractivity contribution in [2.75, 3.05) is 22.9 Å². The Hall–Kier alpha value is -2.94. The highest BCUT2D eigenvalue weighted by atomic mass is 15.2. The Morgan fingerprint density at radius 3 is 2.25 bits per heavy atom. The zero-order chi connectivity index (χ0) is 19.5. The van der Waals surface area contributed by atoms with Crippen molar-refractivity contribution in [3.05, 3.63) is 77.9 Å². The number of hydrogen-bond acceptors (Lipinski definition) is 3. The molecule has 1 unspecified atom stereocenters. The third kappa shape index (κ3) is 3.45. The molecule has 0 aromatic heterocycles. The summed E-state index contributed by atoms with van der Waals surface area (Å²) in [5, 5.41) is 0. The standard InChI is InChI=1S/C25H29N3/c1-2-3-4-8-15-28-24-17-20(27)12-14-22(24)21-13-11-19(26)16-23(21)25(28)18-9-6-5-7-10-18/h5-7,9-14,16-17,25H,2-4,8,15,26-27H2,1H3. The number of benzene rings is 3. The summed E-state index contributed by atoms with van der Waals surface area (Å²) in [7, 11) is 0. The van der Waals surface area contributed by atoms with Crippen molar-refractivity contribution >= 4 is 17.1 Å². The van der Waals surface area contributed by atoms with Crippen LogP contribution in [0.25, 0.3) is 11.1 Å². The van der Waals surface area contributed by atoms with Gasteiger partial charge in [-0.05, 0) is 47.4 Å². The lowest BCUT2D eigenvalue weighted by Crippen LogP contribution is -2.34. The van der Waals surface area contributed by atoms with E-state index < -0.39 is 0 Å². The fourth-order valence-electron chi connectivity index (χ4n) is 4.33. The number of fused-ring (bicyclic) bond motifs is 3. The third-order valence-corrected chi connectivity index (χ3v) is 5.67. The molecule has 0 aliphatic carbocycles. The second-order valence-electron chi connectivity index (χ2n) is 7.69. The molecule has 0 spiro atoms. The molecule has 4 rings (SSSR count). The normalized spacial score (nSPS) is 15.2. The molecule has 1 aliphatic heterocycles. The van der Waals surface area contributed by atoms with E-state index in [4.69, 9.17) is 11.5 Å². The van der Waals surface area contributed by atoms with Crippen LogP contribution in [0.3, 0.4) is 0 Å². The molecule has 3 heteroatoms. The summed E-state index contributed by atoms with van der Waals surface area (Å²) in [5.41, 5.74) is 20.3. The van der Waals surface area contributed by atoms with Crippen LogP contribution in [0.15, 0.2) is 66.7 Å². The van der Waals surface area contributed by atoms with Crippen LogP contribution in [-0.2, 0) is 0 Å². The molecule has 1 aliphatic rings. The highest BCUT2D eigenvalue weighted by Crippen LogP contribution is 2.48. The molecule has 3 aromatic rings. The summed E-state index contributed by atoms with van der Waals surface area (Å²) in [6.07, 6.45) is 4.93. The first-order chi connectivity index (χ1) is 13.7. The van der Waals surface area contributed by atoms with Gasteiger partial charge in [0.15, 0.2) is 0 Å². The molecule has 0 radical (unpaired) electrons. The number of rotatable bonds is 6. The molecular weight excluding hydrogens is 342 g/mol. The Balaban J connectivity index is 1.86. The van der Waals surface area contributed by atoms with Gasteiger partial charge in [-0.1, -0.05) is 68.7 Å². The largest absolute Gasteiger partial charge is 0.399 e. The molecule has 0 bridgehead atoms. The number of hydrogen-bond donors (Lipinski definition) is 2. The molecule has 3 nitrogen and oxygen atoms in total. The fraction of sp³-hybridized carbons (Fsp3) is 0.280. The van der Waals surface area contributed by atoms with E-state index in [9.17, 15) is 0 Å². The van der Waals surface area contributed by atoms with Crippen LogP contribution in [0.2, 0.25) is 0 Å². The molecule has 0 fully saturated rings. The summed E-state index contributed by atoms with van der Waals surface area (Å²) in [4.78, 5) is 2.53. The highest BCUT2D eigenvalue weighted by molar-refractivity contribution is 5.88. The van der Waals surface area contributed by atoms with E-state index in [-0.39, 0.29) is 6.04 Å². The lowest BCUT2D eigenvalue weighted by atomic mass is 9.84. The number of unbranched alkanes of at least 4 members (excludes halogenated alkanes) is 3. The van der Waals surface area contributed by atoms with Crippen molar-refractivity contribution in [1.29, 1.82) is 0 Å². The van der Waals surface area contributed by atoms with Crippen LogP contribution in [-0.4, -0.2) is 6.54 Å². The minimum atomic E-state index is 0.149. The van der Waals surface area contributed by atoms with Gasteiger partial charge in [-0.25, -0.2) is 0 Å². The van der Waals surface area contributed by atoms with Gasteiger partial charge >= 0.3 is 0 Å². The van der Waals surface area contributed by atoms with Crippen LogP contribution in [0.5, 0.6) is 0 Å². The fourth-order valence-corrected chi connectivity index (χ4v) is 4.33. The van der Waals surface area contributed by atoms with E-state index >= 15 is 0 Å². The van der Waals surface area contributed by atoms with Crippen LogP contribution in [0.1, 0.15) is 49.8 Å². The van der Waals surface area contributed by atoms with E-state index in [0.29, 0.717) is 0 Å². The monoisotopic (exact) mass is 371 g/mol. The second kappa shape index (κ2) is 7.97. The maximum atomic E-state index is 6.21. The predicted molar refractivity (Wildman–Crippen MR) is 120 cm³/mol. The Morgan fingerprint density at radius 2 is 1.50 bits per heavy atom. The van der Waals surface area contributed by atoms with Crippen molar-refractivity contribution in [2.45, 2.75) is 38.6 Å². The van der Waals surface area contributed by atoms with E-state index in [0.717, 1.165) is 17.9 Å². The Morgan fingerprint density at radius 1 is 0.786 bits per heavy atom. The van der Waals surface area contributed by atoms with Crippen molar-refractivity contribution < 1.29 is 0 Å². The first-order valence-electron chi connectivity index (χ1n) is 10.3. The zero-order valence-corrected chi connectivity index (χ0v) is 16.6. The SMILES string of the molecule is CCCCCCN1c2cc(N)ccc2-c2ccc(N)cc2C1c1ccccc1. The third-order valence-electron chi connectivity index (χ3n) is 5.67. The summed E-state index contributed by atoms with van der Waals surface area (Å²) in [6, 6.07) is 23.5. The molecule has 0 saturated carbocycles. The van der Waals surface area contributed by atoms with Crippen molar-refractivity contribution in [2.24, 2.45) is 0 Å². The average molecular weight is 372 g/mol. The minimum absolute atomic E-state index is 0.149. The van der Waals surface area contributed by atoms with Gasteiger partial charge < -0.3 is 16.4 Å². The summed E-state index contributed by atoms with van der Waals surface area (Å²) in [5.74, 6) is 0. The molecular formula is C25H29N3. The summed E-state index contributed by atoms with van der Waals surface area (Å²) in [6.45, 7) is 3.26. The van der Waals surface area contributed by atoms with Gasteiger partial charge in [0.05, 0.1) is 6.04 Å². The van der Waals surface area contributed by atoms with Crippen LogP contribution in [0.4, 0.5) is 17.1 Å². The van der Waals surface area contributed by atoms with E-state index in [2.05, 4.69) is 66.4 Å². The molecule has 1 heterocycles. The van der Waals surface area contributed by atoms with Gasteiger partial charge in [0.1, 0.15) is 0 Å². The lowest BCUT2D eigenvalue weighted by molar-refractivity contribution is 0.613. The van der Waals surface area contributed by atoms with Crippen molar-refractivity contribution in [3.63, 3.8) is 0 Å². The van der Waals surface area contributed by atoms with Crippen LogP contribution >= 0.6 is 0 Å². The maximum Gasteiger partial charge on any atom is 0.0802 e. The highest BCUT2D eigenvalue weighted by Gasteiger charge is 2.32. The van der Waals surface area contributed by atoms with E-state index in [1.165, 1.54) is 53.6 Å². The predicted octanol–water partition coefficient (Wildman–Crippen LogP) is 6.01. The van der Waals surface area contributed by atoms with Crippen LogP contribution < -0.4 is 16.4 Å². The molecule has 144 valence electrons. The van der Waals surface area contributed by atoms with E-state index in [1.54, 1.807) is 0 Å². The van der Waals surface area contributed by atoms with Gasteiger partial charge in [0.25, 0.3) is 0 Å². The van der Waals surface area contributed by atoms with Crippen LogP contribution in [0, 0.1) is 0 Å². The van der Waals surface area contributed by atoms with Gasteiger partial charge in [0, 0.05) is 29.2 Å². The van der Waals surface area contributed by atoms with Gasteiger partial charge in [-0.3, -0.25) is 0 Å². The van der Waals surface area contributed by atoms with Crippen molar-refractivity contribution in [3.8, 4) is 11.1 Å². The number of anilines is 3. The van der Waals surface area contributed by atoms with Gasteiger partial charge in [0.2, 0.25) is 0 Å². The lowest BCUT2D eigenvalue weighted by Gasteiger charge is -2.41. The molecule has 0 amide bonds. The minimum Gasteiger partial charge on any atom is -0.399 e. The molecule has 0 saturated heterocycles. The summed E-state index contributed by atoms with van der Waals surface area (Å²) >= 11 is 0. The van der Waals surface area contributed by atoms with E-state index in [1.807, 2.05) is 12.1 Å². The number of nitrogen functional groups attached to an aromatic ring is 2. The number of nitrogens with zero attached hydrogens (tertiary/aromatic N) is 1. The number of nitrogens with two attached hydrogens (primary N) is 2. The first kappa shape index (κ1) is 18.4. The van der Waals surface area contributed by atoms with Gasteiger partial charge in [-0.2, -0.15) is 0 Å². The second-order valence-corrected chi connectivity index (χ2v) is 7.69. The molecule has 1 atom stereocenters. The smallest absolute Gasteiger partial charge is 0.0802 e. The Labute approximate surface area is 168 Å².